The van der Waals surface area contributed by atoms with Gasteiger partial charge in [0, 0.05) is 12.2 Å². The van der Waals surface area contributed by atoms with Gasteiger partial charge in [0.25, 0.3) is 5.56 Å². The Morgan fingerprint density at radius 3 is 2.47 bits per heavy atom. The van der Waals surface area contributed by atoms with E-state index in [2.05, 4.69) is 18.9 Å². The molecule has 0 unspecified atom stereocenters. The molecule has 0 aliphatic carbocycles. The van der Waals surface area contributed by atoms with Gasteiger partial charge in [-0.15, -0.1) is 0 Å². The summed E-state index contributed by atoms with van der Waals surface area (Å²) in [6.07, 6.45) is 4.13. The lowest BCUT2D eigenvalue weighted by atomic mass is 10.0. The fourth-order valence-electron chi connectivity index (χ4n) is 2.35. The zero-order chi connectivity index (χ0) is 13.7. The number of hydrogen-bond acceptors (Lipinski definition) is 1. The number of aromatic amines is 1. The van der Waals surface area contributed by atoms with E-state index in [9.17, 15) is 4.79 Å². The van der Waals surface area contributed by atoms with E-state index in [0.717, 1.165) is 49.0 Å². The smallest absolute Gasteiger partial charge is 0.274 e. The minimum Gasteiger partial charge on any atom is -0.299 e. The molecule has 102 valence electrons. The van der Waals surface area contributed by atoms with Gasteiger partial charge in [-0.25, -0.2) is 0 Å². The van der Waals surface area contributed by atoms with Crippen LogP contribution in [0.15, 0.2) is 35.1 Å². The van der Waals surface area contributed by atoms with Gasteiger partial charge in [0.2, 0.25) is 0 Å². The van der Waals surface area contributed by atoms with Crippen molar-refractivity contribution < 1.29 is 0 Å². The highest BCUT2D eigenvalue weighted by atomic mass is 16.1. The van der Waals surface area contributed by atoms with Crippen molar-refractivity contribution >= 4 is 0 Å². The molecule has 1 heterocycles. The van der Waals surface area contributed by atoms with Crippen LogP contribution in [0.5, 0.6) is 0 Å². The van der Waals surface area contributed by atoms with Crippen molar-refractivity contribution in [3.63, 3.8) is 0 Å². The number of rotatable bonds is 6. The lowest BCUT2D eigenvalue weighted by Gasteiger charge is -2.01. The molecule has 0 amide bonds. The summed E-state index contributed by atoms with van der Waals surface area (Å²) in [4.78, 5) is 12.5. The monoisotopic (exact) mass is 258 g/mol. The van der Waals surface area contributed by atoms with E-state index in [1.807, 2.05) is 30.3 Å². The van der Waals surface area contributed by atoms with E-state index in [1.165, 1.54) is 0 Å². The number of benzene rings is 1. The van der Waals surface area contributed by atoms with Crippen LogP contribution < -0.4 is 5.56 Å². The first-order chi connectivity index (χ1) is 9.27. The molecule has 19 heavy (non-hydrogen) atoms. The number of nitrogens with one attached hydrogen (secondary N) is 1. The molecular weight excluding hydrogens is 236 g/mol. The number of aromatic nitrogens is 2. The second-order valence-corrected chi connectivity index (χ2v) is 4.89. The largest absolute Gasteiger partial charge is 0.299 e. The van der Waals surface area contributed by atoms with Crippen LogP contribution in [0.2, 0.25) is 0 Å². The fourth-order valence-corrected chi connectivity index (χ4v) is 2.35. The Bertz CT molecular complexity index is 566. The third kappa shape index (κ3) is 2.98. The average molecular weight is 258 g/mol. The van der Waals surface area contributed by atoms with Crippen LogP contribution in [0, 0.1) is 0 Å². The Morgan fingerprint density at radius 2 is 1.84 bits per heavy atom. The Hall–Kier alpha value is -1.77. The summed E-state index contributed by atoms with van der Waals surface area (Å²) < 4.78 is 1.74. The Kier molecular flexibility index (Phi) is 4.61. The van der Waals surface area contributed by atoms with E-state index in [0.29, 0.717) is 0 Å². The average Bonchev–Trinajstić information content (AvgIpc) is 2.74. The van der Waals surface area contributed by atoms with Crippen molar-refractivity contribution in [2.45, 2.75) is 46.1 Å². The molecule has 1 aromatic carbocycles. The lowest BCUT2D eigenvalue weighted by molar-refractivity contribution is 0.575. The third-order valence-electron chi connectivity index (χ3n) is 3.32. The van der Waals surface area contributed by atoms with Gasteiger partial charge in [0.15, 0.2) is 0 Å². The van der Waals surface area contributed by atoms with Crippen LogP contribution in [-0.2, 0) is 13.0 Å². The van der Waals surface area contributed by atoms with Crippen molar-refractivity contribution in [1.29, 1.82) is 0 Å². The minimum absolute atomic E-state index is 0.110. The van der Waals surface area contributed by atoms with Crippen molar-refractivity contribution in [3.8, 4) is 11.1 Å². The number of unbranched alkanes of at least 4 members (excludes halogenated alkanes) is 1. The summed E-state index contributed by atoms with van der Waals surface area (Å²) in [6.45, 7) is 5.01. The quantitative estimate of drug-likeness (QED) is 0.844. The first-order valence-corrected chi connectivity index (χ1v) is 7.15. The molecule has 0 spiro atoms. The number of aryl methyl sites for hydroxylation is 2. The van der Waals surface area contributed by atoms with Crippen LogP contribution in [0.3, 0.4) is 0 Å². The van der Waals surface area contributed by atoms with Gasteiger partial charge < -0.3 is 0 Å². The van der Waals surface area contributed by atoms with Gasteiger partial charge in [-0.1, -0.05) is 50.6 Å². The standard InChI is InChI=1S/C16H22N2O/c1-3-5-11-14-15(13-9-7-6-8-10-13)16(19)18(17-14)12-4-2/h6-10,17H,3-5,11-12H2,1-2H3. The molecule has 3 nitrogen and oxygen atoms in total. The Labute approximate surface area is 114 Å². The number of nitrogens with zero attached hydrogens (tertiary/aromatic N) is 1. The molecule has 0 aliphatic rings. The Morgan fingerprint density at radius 1 is 1.11 bits per heavy atom. The zero-order valence-corrected chi connectivity index (χ0v) is 11.8. The van der Waals surface area contributed by atoms with Crippen molar-refractivity contribution in [3.05, 3.63) is 46.4 Å². The van der Waals surface area contributed by atoms with Gasteiger partial charge in [0.05, 0.1) is 5.56 Å². The molecule has 1 aromatic heterocycles. The molecule has 0 radical (unpaired) electrons. The van der Waals surface area contributed by atoms with Crippen molar-refractivity contribution in [1.82, 2.24) is 9.78 Å². The first-order valence-electron chi connectivity index (χ1n) is 7.15. The second kappa shape index (κ2) is 6.41. The summed E-state index contributed by atoms with van der Waals surface area (Å²) in [6, 6.07) is 9.96. The van der Waals surface area contributed by atoms with E-state index in [4.69, 9.17) is 0 Å². The maximum absolute atomic E-state index is 12.5. The molecule has 0 atom stereocenters. The predicted molar refractivity (Wildman–Crippen MR) is 79.4 cm³/mol. The highest BCUT2D eigenvalue weighted by Gasteiger charge is 2.14. The molecule has 2 aromatic rings. The highest BCUT2D eigenvalue weighted by molar-refractivity contribution is 5.65. The van der Waals surface area contributed by atoms with E-state index < -0.39 is 0 Å². The molecule has 2 rings (SSSR count). The fraction of sp³-hybridized carbons (Fsp3) is 0.438. The SMILES string of the molecule is CCCCc1[nH]n(CCC)c(=O)c1-c1ccccc1. The highest BCUT2D eigenvalue weighted by Crippen LogP contribution is 2.20. The van der Waals surface area contributed by atoms with Gasteiger partial charge in [-0.3, -0.25) is 14.6 Å². The van der Waals surface area contributed by atoms with Gasteiger partial charge in [-0.2, -0.15) is 0 Å². The molecular formula is C16H22N2O. The topological polar surface area (TPSA) is 37.8 Å². The maximum atomic E-state index is 12.5. The molecule has 0 aliphatic heterocycles. The second-order valence-electron chi connectivity index (χ2n) is 4.89. The lowest BCUT2D eigenvalue weighted by Crippen LogP contribution is -2.17. The van der Waals surface area contributed by atoms with Crippen LogP contribution in [-0.4, -0.2) is 9.78 Å². The number of hydrogen-bond donors (Lipinski definition) is 1. The van der Waals surface area contributed by atoms with Crippen LogP contribution in [0.25, 0.3) is 11.1 Å². The van der Waals surface area contributed by atoms with Crippen molar-refractivity contribution in [2.24, 2.45) is 0 Å². The summed E-state index contributed by atoms with van der Waals surface area (Å²) >= 11 is 0. The van der Waals surface area contributed by atoms with Crippen LogP contribution >= 0.6 is 0 Å². The molecule has 0 saturated carbocycles. The van der Waals surface area contributed by atoms with Crippen LogP contribution in [0.4, 0.5) is 0 Å². The van der Waals surface area contributed by atoms with Gasteiger partial charge >= 0.3 is 0 Å². The number of H-pyrrole nitrogens is 1. The van der Waals surface area contributed by atoms with E-state index in [-0.39, 0.29) is 5.56 Å². The maximum Gasteiger partial charge on any atom is 0.274 e. The normalized spacial score (nSPS) is 10.8. The van der Waals surface area contributed by atoms with Crippen LogP contribution in [0.1, 0.15) is 38.8 Å². The van der Waals surface area contributed by atoms with E-state index in [1.54, 1.807) is 4.68 Å². The van der Waals surface area contributed by atoms with Crippen molar-refractivity contribution in [2.75, 3.05) is 0 Å². The summed E-state index contributed by atoms with van der Waals surface area (Å²) in [5.41, 5.74) is 3.05. The predicted octanol–water partition coefficient (Wildman–Crippen LogP) is 3.60. The minimum atomic E-state index is 0.110. The molecule has 1 N–H and O–H groups in total. The van der Waals surface area contributed by atoms with Gasteiger partial charge in [0.1, 0.15) is 0 Å². The molecule has 0 fully saturated rings. The zero-order valence-electron chi connectivity index (χ0n) is 11.8. The third-order valence-corrected chi connectivity index (χ3v) is 3.32. The first kappa shape index (κ1) is 13.7. The molecule has 3 heteroatoms. The molecule has 0 saturated heterocycles. The van der Waals surface area contributed by atoms with E-state index >= 15 is 0 Å². The summed E-state index contributed by atoms with van der Waals surface area (Å²) in [5, 5.41) is 3.29. The Balaban J connectivity index is 2.47. The van der Waals surface area contributed by atoms with Gasteiger partial charge in [-0.05, 0) is 24.8 Å². The summed E-state index contributed by atoms with van der Waals surface area (Å²) in [5.74, 6) is 0. The summed E-state index contributed by atoms with van der Waals surface area (Å²) in [7, 11) is 0. The molecule has 0 bridgehead atoms.